The molecule has 1 amide bonds. The van der Waals surface area contributed by atoms with Gasteiger partial charge in [-0.25, -0.2) is 4.98 Å². The SMILES string of the molecule is CCCCCn1c(CCCCCNC(=O)Cc2ccccc2Cl)nc2ccccc21. The van der Waals surface area contributed by atoms with E-state index in [0.29, 0.717) is 18.0 Å². The average molecular weight is 426 g/mol. The highest BCUT2D eigenvalue weighted by atomic mass is 35.5. The molecule has 160 valence electrons. The molecule has 0 fully saturated rings. The van der Waals surface area contributed by atoms with Gasteiger partial charge in [-0.3, -0.25) is 4.79 Å². The molecule has 3 rings (SSSR count). The monoisotopic (exact) mass is 425 g/mol. The van der Waals surface area contributed by atoms with Gasteiger partial charge in [0.25, 0.3) is 0 Å². The van der Waals surface area contributed by atoms with Gasteiger partial charge in [-0.15, -0.1) is 0 Å². The van der Waals surface area contributed by atoms with Crippen molar-refractivity contribution < 1.29 is 4.79 Å². The maximum absolute atomic E-state index is 12.1. The molecule has 1 heterocycles. The van der Waals surface area contributed by atoms with Gasteiger partial charge in [0.1, 0.15) is 5.82 Å². The zero-order chi connectivity index (χ0) is 21.2. The van der Waals surface area contributed by atoms with E-state index in [1.54, 1.807) is 0 Å². The van der Waals surface area contributed by atoms with Crippen LogP contribution in [0.25, 0.3) is 11.0 Å². The van der Waals surface area contributed by atoms with Gasteiger partial charge >= 0.3 is 0 Å². The largest absolute Gasteiger partial charge is 0.356 e. The number of nitrogens with one attached hydrogen (secondary N) is 1. The van der Waals surface area contributed by atoms with E-state index < -0.39 is 0 Å². The minimum absolute atomic E-state index is 0.0285. The van der Waals surface area contributed by atoms with E-state index >= 15 is 0 Å². The summed E-state index contributed by atoms with van der Waals surface area (Å²) in [5, 5.41) is 3.65. The fraction of sp³-hybridized carbons (Fsp3) is 0.440. The van der Waals surface area contributed by atoms with Gasteiger partial charge in [0, 0.05) is 24.5 Å². The maximum atomic E-state index is 12.1. The Labute approximate surface area is 184 Å². The topological polar surface area (TPSA) is 46.9 Å². The van der Waals surface area contributed by atoms with Gasteiger partial charge in [0.2, 0.25) is 5.91 Å². The van der Waals surface area contributed by atoms with E-state index in [1.165, 1.54) is 30.6 Å². The molecule has 3 aromatic rings. The Balaban J connectivity index is 1.42. The van der Waals surface area contributed by atoms with Crippen molar-refractivity contribution in [3.8, 4) is 0 Å². The first-order valence-corrected chi connectivity index (χ1v) is 11.5. The normalized spacial score (nSPS) is 11.1. The molecule has 0 bridgehead atoms. The third-order valence-corrected chi connectivity index (χ3v) is 5.80. The minimum atomic E-state index is 0.0285. The zero-order valence-corrected chi connectivity index (χ0v) is 18.6. The molecule has 30 heavy (non-hydrogen) atoms. The van der Waals surface area contributed by atoms with Gasteiger partial charge in [-0.1, -0.05) is 68.1 Å². The lowest BCUT2D eigenvalue weighted by molar-refractivity contribution is -0.120. The van der Waals surface area contributed by atoms with Crippen LogP contribution in [-0.2, 0) is 24.2 Å². The summed E-state index contributed by atoms with van der Waals surface area (Å²) in [6.45, 7) is 3.98. The van der Waals surface area contributed by atoms with Crippen LogP contribution in [0.1, 0.15) is 56.8 Å². The van der Waals surface area contributed by atoms with E-state index in [1.807, 2.05) is 24.3 Å². The third kappa shape index (κ3) is 6.33. The number of carbonyl (C=O) groups excluding carboxylic acids is 1. The summed E-state index contributed by atoms with van der Waals surface area (Å²) in [4.78, 5) is 17.0. The summed E-state index contributed by atoms with van der Waals surface area (Å²) in [5.41, 5.74) is 3.21. The molecule has 0 aliphatic carbocycles. The first-order valence-electron chi connectivity index (χ1n) is 11.1. The lowest BCUT2D eigenvalue weighted by atomic mass is 10.1. The van der Waals surface area contributed by atoms with E-state index in [2.05, 4.69) is 41.1 Å². The predicted octanol–water partition coefficient (Wildman–Crippen LogP) is 5.95. The Morgan fingerprint density at radius 3 is 2.63 bits per heavy atom. The minimum Gasteiger partial charge on any atom is -0.356 e. The van der Waals surface area contributed by atoms with Gasteiger partial charge in [-0.2, -0.15) is 0 Å². The lowest BCUT2D eigenvalue weighted by Crippen LogP contribution is -2.26. The van der Waals surface area contributed by atoms with Gasteiger partial charge in [0.15, 0.2) is 0 Å². The van der Waals surface area contributed by atoms with Gasteiger partial charge in [-0.05, 0) is 43.0 Å². The smallest absolute Gasteiger partial charge is 0.224 e. The molecule has 1 N–H and O–H groups in total. The summed E-state index contributed by atoms with van der Waals surface area (Å²) in [6.07, 6.45) is 8.12. The highest BCUT2D eigenvalue weighted by Crippen LogP contribution is 2.19. The van der Waals surface area contributed by atoms with Gasteiger partial charge < -0.3 is 9.88 Å². The van der Waals surface area contributed by atoms with Crippen LogP contribution >= 0.6 is 11.6 Å². The highest BCUT2D eigenvalue weighted by molar-refractivity contribution is 6.31. The Morgan fingerprint density at radius 2 is 1.80 bits per heavy atom. The van der Waals surface area contributed by atoms with Crippen molar-refractivity contribution in [1.82, 2.24) is 14.9 Å². The molecule has 0 saturated carbocycles. The molecule has 2 aromatic carbocycles. The molecule has 0 aliphatic heterocycles. The highest BCUT2D eigenvalue weighted by Gasteiger charge is 2.10. The van der Waals surface area contributed by atoms with Crippen LogP contribution in [0.15, 0.2) is 48.5 Å². The second-order valence-corrected chi connectivity index (χ2v) is 8.21. The molecular weight excluding hydrogens is 394 g/mol. The molecule has 5 heteroatoms. The maximum Gasteiger partial charge on any atom is 0.224 e. The average Bonchev–Trinajstić information content (AvgIpc) is 3.10. The van der Waals surface area contributed by atoms with Crippen LogP contribution in [0.3, 0.4) is 0 Å². The number of imidazole rings is 1. The third-order valence-electron chi connectivity index (χ3n) is 5.43. The Bertz CT molecular complexity index is 950. The summed E-state index contributed by atoms with van der Waals surface area (Å²) in [5.74, 6) is 1.22. The van der Waals surface area contributed by atoms with E-state index in [9.17, 15) is 4.79 Å². The van der Waals surface area contributed by atoms with Crippen molar-refractivity contribution >= 4 is 28.5 Å². The first kappa shape index (κ1) is 22.4. The summed E-state index contributed by atoms with van der Waals surface area (Å²) in [6, 6.07) is 15.9. The Kier molecular flexibility index (Phi) is 8.76. The molecule has 4 nitrogen and oxygen atoms in total. The van der Waals surface area contributed by atoms with Crippen molar-refractivity contribution in [2.24, 2.45) is 0 Å². The van der Waals surface area contributed by atoms with E-state index in [4.69, 9.17) is 16.6 Å². The van der Waals surface area contributed by atoms with Crippen LogP contribution < -0.4 is 5.32 Å². The molecule has 0 radical (unpaired) electrons. The molecular formula is C25H32ClN3O. The number of halogens is 1. The molecule has 0 aliphatic rings. The standard InChI is InChI=1S/C25H32ClN3O/c1-2-3-11-18-29-23-15-9-8-14-22(23)28-24(29)16-5-4-10-17-27-25(30)19-20-12-6-7-13-21(20)26/h6-9,12-15H,2-5,10-11,16-19H2,1H3,(H,27,30). The number of rotatable bonds is 12. The number of hydrogen-bond donors (Lipinski definition) is 1. The lowest BCUT2D eigenvalue weighted by Gasteiger charge is -2.09. The second-order valence-electron chi connectivity index (χ2n) is 7.80. The van der Waals surface area contributed by atoms with Crippen LogP contribution in [0.2, 0.25) is 5.02 Å². The fourth-order valence-corrected chi connectivity index (χ4v) is 3.98. The van der Waals surface area contributed by atoms with Crippen LogP contribution in [-0.4, -0.2) is 22.0 Å². The number of nitrogens with zero attached hydrogens (tertiary/aromatic N) is 2. The molecule has 1 aromatic heterocycles. The number of benzene rings is 2. The Morgan fingerprint density at radius 1 is 1.00 bits per heavy atom. The van der Waals surface area contributed by atoms with Crippen LogP contribution in [0.4, 0.5) is 0 Å². The second kappa shape index (κ2) is 11.8. The molecule has 0 spiro atoms. The molecule has 0 atom stereocenters. The predicted molar refractivity (Wildman–Crippen MR) is 125 cm³/mol. The number of amides is 1. The summed E-state index contributed by atoms with van der Waals surface area (Å²) < 4.78 is 2.40. The number of para-hydroxylation sites is 2. The zero-order valence-electron chi connectivity index (χ0n) is 17.9. The number of hydrogen-bond acceptors (Lipinski definition) is 2. The van der Waals surface area contributed by atoms with Crippen LogP contribution in [0, 0.1) is 0 Å². The molecule has 0 saturated heterocycles. The summed E-state index contributed by atoms with van der Waals surface area (Å²) >= 11 is 6.12. The number of aromatic nitrogens is 2. The number of fused-ring (bicyclic) bond motifs is 1. The number of unbranched alkanes of at least 4 members (excludes halogenated alkanes) is 4. The molecule has 0 unspecified atom stereocenters. The van der Waals surface area contributed by atoms with Crippen molar-refractivity contribution in [2.75, 3.05) is 6.54 Å². The van der Waals surface area contributed by atoms with E-state index in [0.717, 1.165) is 43.3 Å². The number of carbonyl (C=O) groups is 1. The number of aryl methyl sites for hydroxylation is 2. The van der Waals surface area contributed by atoms with Crippen molar-refractivity contribution in [3.63, 3.8) is 0 Å². The van der Waals surface area contributed by atoms with Crippen molar-refractivity contribution in [3.05, 3.63) is 64.9 Å². The fourth-order valence-electron chi connectivity index (χ4n) is 3.78. The quantitative estimate of drug-likeness (QED) is 0.364. The Hall–Kier alpha value is -2.33. The first-order chi connectivity index (χ1) is 14.7. The van der Waals surface area contributed by atoms with Crippen molar-refractivity contribution in [2.45, 2.75) is 64.8 Å². The van der Waals surface area contributed by atoms with E-state index in [-0.39, 0.29) is 5.91 Å². The van der Waals surface area contributed by atoms with Crippen LogP contribution in [0.5, 0.6) is 0 Å². The summed E-state index contributed by atoms with van der Waals surface area (Å²) in [7, 11) is 0. The van der Waals surface area contributed by atoms with Gasteiger partial charge in [0.05, 0.1) is 17.5 Å². The van der Waals surface area contributed by atoms with Crippen molar-refractivity contribution in [1.29, 1.82) is 0 Å².